The van der Waals surface area contributed by atoms with E-state index in [4.69, 9.17) is 4.42 Å². The van der Waals surface area contributed by atoms with Gasteiger partial charge in [-0.1, -0.05) is 0 Å². The first-order valence-corrected chi connectivity index (χ1v) is 4.07. The largest absolute Gasteiger partial charge is 0.446 e. The maximum absolute atomic E-state index is 5.19. The SMILES string of the molecule is Cc1coc2nc(Br)ccc12. The molecule has 2 heterocycles. The van der Waals surface area contributed by atoms with Crippen molar-refractivity contribution in [3.63, 3.8) is 0 Å². The Kier molecular flexibility index (Phi) is 1.46. The summed E-state index contributed by atoms with van der Waals surface area (Å²) in [7, 11) is 0. The summed E-state index contributed by atoms with van der Waals surface area (Å²) >= 11 is 3.27. The minimum absolute atomic E-state index is 0.692. The number of nitrogens with zero attached hydrogens (tertiary/aromatic N) is 1. The summed E-state index contributed by atoms with van der Waals surface area (Å²) in [6, 6.07) is 3.90. The summed E-state index contributed by atoms with van der Waals surface area (Å²) in [5.41, 5.74) is 1.82. The van der Waals surface area contributed by atoms with Crippen molar-refractivity contribution in [1.82, 2.24) is 4.98 Å². The number of furan rings is 1. The molecule has 0 aliphatic rings. The molecule has 0 aromatic carbocycles. The van der Waals surface area contributed by atoms with Crippen LogP contribution in [-0.2, 0) is 0 Å². The highest BCUT2D eigenvalue weighted by Crippen LogP contribution is 2.20. The number of hydrogen-bond donors (Lipinski definition) is 0. The Hall–Kier alpha value is -0.830. The van der Waals surface area contributed by atoms with E-state index in [1.807, 2.05) is 19.1 Å². The molecule has 0 unspecified atom stereocenters. The molecule has 0 aliphatic carbocycles. The monoisotopic (exact) mass is 211 g/mol. The Bertz CT molecular complexity index is 394. The quantitative estimate of drug-likeness (QED) is 0.627. The van der Waals surface area contributed by atoms with Gasteiger partial charge in [0.05, 0.1) is 6.26 Å². The number of hydrogen-bond acceptors (Lipinski definition) is 2. The molecule has 3 heteroatoms. The van der Waals surface area contributed by atoms with Crippen LogP contribution in [-0.4, -0.2) is 4.98 Å². The van der Waals surface area contributed by atoms with Crippen molar-refractivity contribution in [2.24, 2.45) is 0 Å². The smallest absolute Gasteiger partial charge is 0.227 e. The fourth-order valence-corrected chi connectivity index (χ4v) is 1.31. The van der Waals surface area contributed by atoms with Crippen molar-refractivity contribution in [3.05, 3.63) is 28.6 Å². The number of halogens is 1. The molecule has 0 fully saturated rings. The second-order valence-electron chi connectivity index (χ2n) is 2.41. The summed E-state index contributed by atoms with van der Waals surface area (Å²) in [5.74, 6) is 0. The molecule has 56 valence electrons. The molecule has 2 aromatic heterocycles. The Balaban J connectivity index is 2.86. The zero-order valence-corrected chi connectivity index (χ0v) is 7.55. The van der Waals surface area contributed by atoms with Crippen molar-refractivity contribution in [2.75, 3.05) is 0 Å². The van der Waals surface area contributed by atoms with E-state index < -0.39 is 0 Å². The van der Waals surface area contributed by atoms with Crippen LogP contribution in [0.3, 0.4) is 0 Å². The van der Waals surface area contributed by atoms with E-state index in [0.717, 1.165) is 15.6 Å². The minimum Gasteiger partial charge on any atom is -0.446 e. The maximum atomic E-state index is 5.19. The summed E-state index contributed by atoms with van der Waals surface area (Å²) < 4.78 is 5.99. The Morgan fingerprint density at radius 3 is 3.09 bits per heavy atom. The molecular weight excluding hydrogens is 206 g/mol. The lowest BCUT2D eigenvalue weighted by Gasteiger charge is -1.88. The summed E-state index contributed by atoms with van der Waals surface area (Å²) in [6.45, 7) is 2.00. The molecule has 0 spiro atoms. The van der Waals surface area contributed by atoms with E-state index in [1.165, 1.54) is 0 Å². The third-order valence-corrected chi connectivity index (χ3v) is 2.04. The molecule has 0 amide bonds. The molecule has 0 bridgehead atoms. The second-order valence-corrected chi connectivity index (χ2v) is 3.22. The average molecular weight is 212 g/mol. The van der Waals surface area contributed by atoms with Crippen LogP contribution >= 0.6 is 15.9 Å². The molecule has 11 heavy (non-hydrogen) atoms. The van der Waals surface area contributed by atoms with Crippen LogP contribution < -0.4 is 0 Å². The molecule has 2 rings (SSSR count). The number of rotatable bonds is 0. The van der Waals surface area contributed by atoms with Gasteiger partial charge in [-0.15, -0.1) is 0 Å². The third kappa shape index (κ3) is 1.05. The standard InChI is InChI=1S/C8H6BrNO/c1-5-4-11-8-6(5)2-3-7(9)10-8/h2-4H,1H3. The van der Waals surface area contributed by atoms with Crippen LogP contribution in [0.25, 0.3) is 11.1 Å². The lowest BCUT2D eigenvalue weighted by Crippen LogP contribution is -1.74. The summed E-state index contributed by atoms with van der Waals surface area (Å²) in [5, 5.41) is 1.08. The molecule has 0 aliphatic heterocycles. The molecule has 0 radical (unpaired) electrons. The van der Waals surface area contributed by atoms with Gasteiger partial charge in [0.15, 0.2) is 0 Å². The van der Waals surface area contributed by atoms with Gasteiger partial charge >= 0.3 is 0 Å². The highest BCUT2D eigenvalue weighted by molar-refractivity contribution is 9.10. The molecule has 2 aromatic rings. The second kappa shape index (κ2) is 2.34. The van der Waals surface area contributed by atoms with E-state index in [9.17, 15) is 0 Å². The van der Waals surface area contributed by atoms with Gasteiger partial charge in [0, 0.05) is 5.39 Å². The van der Waals surface area contributed by atoms with Crippen LogP contribution in [0.15, 0.2) is 27.4 Å². The Labute approximate surface area is 72.4 Å². The molecule has 0 N–H and O–H groups in total. The highest BCUT2D eigenvalue weighted by Gasteiger charge is 2.01. The molecule has 0 atom stereocenters. The van der Waals surface area contributed by atoms with Gasteiger partial charge in [0.1, 0.15) is 4.60 Å². The van der Waals surface area contributed by atoms with Crippen molar-refractivity contribution in [2.45, 2.75) is 6.92 Å². The topological polar surface area (TPSA) is 26.0 Å². The van der Waals surface area contributed by atoms with Crippen molar-refractivity contribution in [1.29, 1.82) is 0 Å². The molecule has 2 nitrogen and oxygen atoms in total. The highest BCUT2D eigenvalue weighted by atomic mass is 79.9. The van der Waals surface area contributed by atoms with Crippen LogP contribution in [0.2, 0.25) is 0 Å². The van der Waals surface area contributed by atoms with Crippen LogP contribution in [0.5, 0.6) is 0 Å². The van der Waals surface area contributed by atoms with Crippen LogP contribution in [0.1, 0.15) is 5.56 Å². The van der Waals surface area contributed by atoms with Crippen molar-refractivity contribution in [3.8, 4) is 0 Å². The first-order valence-electron chi connectivity index (χ1n) is 3.28. The van der Waals surface area contributed by atoms with Gasteiger partial charge in [0.2, 0.25) is 5.71 Å². The number of aromatic nitrogens is 1. The van der Waals surface area contributed by atoms with E-state index >= 15 is 0 Å². The number of fused-ring (bicyclic) bond motifs is 1. The van der Waals surface area contributed by atoms with Crippen molar-refractivity contribution >= 4 is 27.0 Å². The lowest BCUT2D eigenvalue weighted by atomic mass is 10.2. The maximum Gasteiger partial charge on any atom is 0.227 e. The van der Waals surface area contributed by atoms with Crippen molar-refractivity contribution < 1.29 is 4.42 Å². The van der Waals surface area contributed by atoms with Gasteiger partial charge in [-0.2, -0.15) is 0 Å². The Morgan fingerprint density at radius 1 is 1.45 bits per heavy atom. The molecule has 0 saturated heterocycles. The fourth-order valence-electron chi connectivity index (χ4n) is 1.02. The predicted molar refractivity (Wildman–Crippen MR) is 46.4 cm³/mol. The zero-order valence-electron chi connectivity index (χ0n) is 5.97. The Morgan fingerprint density at radius 2 is 2.27 bits per heavy atom. The predicted octanol–water partition coefficient (Wildman–Crippen LogP) is 2.90. The average Bonchev–Trinajstić information content (AvgIpc) is 2.32. The number of aryl methyl sites for hydroxylation is 1. The first kappa shape index (κ1) is 6.85. The third-order valence-electron chi connectivity index (χ3n) is 1.60. The zero-order chi connectivity index (χ0) is 7.84. The van der Waals surface area contributed by atoms with E-state index in [2.05, 4.69) is 20.9 Å². The van der Waals surface area contributed by atoms with Gasteiger partial charge in [0.25, 0.3) is 0 Å². The van der Waals surface area contributed by atoms with E-state index in [0.29, 0.717) is 5.71 Å². The summed E-state index contributed by atoms with van der Waals surface area (Å²) in [6.07, 6.45) is 1.71. The number of pyridine rings is 1. The fraction of sp³-hybridized carbons (Fsp3) is 0.125. The molecule has 0 saturated carbocycles. The first-order chi connectivity index (χ1) is 5.27. The van der Waals surface area contributed by atoms with Gasteiger partial charge in [-0.05, 0) is 40.5 Å². The minimum atomic E-state index is 0.692. The van der Waals surface area contributed by atoms with E-state index in [-0.39, 0.29) is 0 Å². The normalized spacial score (nSPS) is 10.7. The van der Waals surface area contributed by atoms with Crippen LogP contribution in [0.4, 0.5) is 0 Å². The summed E-state index contributed by atoms with van der Waals surface area (Å²) in [4.78, 5) is 4.15. The van der Waals surface area contributed by atoms with Gasteiger partial charge < -0.3 is 4.42 Å². The lowest BCUT2D eigenvalue weighted by molar-refractivity contribution is 0.600. The van der Waals surface area contributed by atoms with Gasteiger partial charge in [-0.25, -0.2) is 4.98 Å². The van der Waals surface area contributed by atoms with E-state index in [1.54, 1.807) is 6.26 Å². The van der Waals surface area contributed by atoms with Crippen LogP contribution in [0, 0.1) is 6.92 Å². The molecular formula is C8H6BrNO. The van der Waals surface area contributed by atoms with Gasteiger partial charge in [-0.3, -0.25) is 0 Å².